The summed E-state index contributed by atoms with van der Waals surface area (Å²) in [6.45, 7) is 15.4. The van der Waals surface area contributed by atoms with Crippen molar-refractivity contribution in [3.05, 3.63) is 41.5 Å². The van der Waals surface area contributed by atoms with Gasteiger partial charge in [0.1, 0.15) is 5.82 Å². The second-order valence-corrected chi connectivity index (χ2v) is 9.74. The molecule has 8 heteroatoms. The molecule has 1 fully saturated rings. The topological polar surface area (TPSA) is 102 Å². The van der Waals surface area contributed by atoms with E-state index in [1.165, 1.54) is 0 Å². The molecule has 4 N–H and O–H groups in total. The van der Waals surface area contributed by atoms with Gasteiger partial charge in [-0.15, -0.1) is 0 Å². The van der Waals surface area contributed by atoms with Gasteiger partial charge in [0.25, 0.3) is 0 Å². The van der Waals surface area contributed by atoms with E-state index < -0.39 is 0 Å². The van der Waals surface area contributed by atoms with Gasteiger partial charge in [-0.05, 0) is 37.0 Å². The molecule has 33 heavy (non-hydrogen) atoms. The quantitative estimate of drug-likeness (QED) is 0.535. The van der Waals surface area contributed by atoms with Crippen molar-refractivity contribution in [3.8, 4) is 0 Å². The van der Waals surface area contributed by atoms with Crippen LogP contribution in [0, 0.1) is 16.7 Å². The number of hydrogen-bond donors (Lipinski definition) is 4. The van der Waals surface area contributed by atoms with E-state index >= 15 is 0 Å². The predicted octanol–water partition coefficient (Wildman–Crippen LogP) is 3.60. The second kappa shape index (κ2) is 9.47. The fourth-order valence-corrected chi connectivity index (χ4v) is 4.55. The number of rotatable bonds is 6. The zero-order valence-corrected chi connectivity index (χ0v) is 20.4. The Bertz CT molecular complexity index is 1030. The van der Waals surface area contributed by atoms with Crippen LogP contribution in [0.4, 0.5) is 17.5 Å². The van der Waals surface area contributed by atoms with E-state index in [-0.39, 0.29) is 11.3 Å². The normalized spacial score (nSPS) is 19.3. The Balaban J connectivity index is 1.65. The lowest BCUT2D eigenvalue weighted by atomic mass is 9.71. The van der Waals surface area contributed by atoms with Crippen LogP contribution in [0.1, 0.15) is 45.9 Å². The van der Waals surface area contributed by atoms with E-state index in [2.05, 4.69) is 71.5 Å². The fraction of sp³-hybridized carbons (Fsp3) is 0.520. The molecule has 3 heterocycles. The van der Waals surface area contributed by atoms with Crippen LogP contribution in [-0.2, 0) is 6.42 Å². The molecule has 0 saturated carbocycles. The van der Waals surface area contributed by atoms with Crippen molar-refractivity contribution >= 4 is 28.7 Å². The molecule has 176 valence electrons. The highest BCUT2D eigenvalue weighted by Gasteiger charge is 2.37. The van der Waals surface area contributed by atoms with E-state index in [9.17, 15) is 0 Å². The largest absolute Gasteiger partial charge is 0.388 e. The average Bonchev–Trinajstić information content (AvgIpc) is 2.80. The Morgan fingerprint density at radius 3 is 2.58 bits per heavy atom. The van der Waals surface area contributed by atoms with Gasteiger partial charge < -0.3 is 26.3 Å². The fourth-order valence-electron chi connectivity index (χ4n) is 4.55. The highest BCUT2D eigenvalue weighted by atomic mass is 15.2. The summed E-state index contributed by atoms with van der Waals surface area (Å²) in [7, 11) is 0. The summed E-state index contributed by atoms with van der Waals surface area (Å²) in [5, 5.41) is 19.1. The third-order valence-electron chi connectivity index (χ3n) is 6.34. The van der Waals surface area contributed by atoms with E-state index in [1.807, 2.05) is 18.5 Å². The zero-order valence-electron chi connectivity index (χ0n) is 20.4. The van der Waals surface area contributed by atoms with Crippen molar-refractivity contribution in [2.45, 2.75) is 41.0 Å². The minimum atomic E-state index is -0.266. The monoisotopic (exact) mass is 448 g/mol. The minimum absolute atomic E-state index is 0.257. The van der Waals surface area contributed by atoms with E-state index in [1.54, 1.807) is 0 Å². The molecule has 1 aliphatic carbocycles. The van der Waals surface area contributed by atoms with Gasteiger partial charge in [0.2, 0.25) is 5.95 Å². The smallest absolute Gasteiger partial charge is 0.228 e. The maximum Gasteiger partial charge on any atom is 0.228 e. The van der Waals surface area contributed by atoms with Gasteiger partial charge in [-0.2, -0.15) is 0 Å². The summed E-state index contributed by atoms with van der Waals surface area (Å²) < 4.78 is 0. The maximum atomic E-state index is 8.99. The third kappa shape index (κ3) is 4.85. The van der Waals surface area contributed by atoms with Crippen LogP contribution >= 0.6 is 0 Å². The number of nitrogens with one attached hydrogen (secondary N) is 4. The van der Waals surface area contributed by atoms with Crippen LogP contribution < -0.4 is 20.9 Å². The van der Waals surface area contributed by atoms with E-state index in [0.29, 0.717) is 17.5 Å². The number of fused-ring (bicyclic) bond motifs is 1. The molecule has 1 aliphatic heterocycles. The highest BCUT2D eigenvalue weighted by Crippen LogP contribution is 2.40. The molecule has 4 rings (SSSR count). The molecule has 2 aromatic heterocycles. The van der Waals surface area contributed by atoms with Crippen LogP contribution in [0.2, 0.25) is 0 Å². The number of hydrogen-bond acceptors (Lipinski definition) is 8. The van der Waals surface area contributed by atoms with Gasteiger partial charge in [0.15, 0.2) is 0 Å². The Kier molecular flexibility index (Phi) is 6.65. The molecular formula is C25H36N8. The number of anilines is 3. The average molecular weight is 449 g/mol. The molecule has 0 unspecified atom stereocenters. The number of allylic oxidation sites excluding steroid dienone is 2. The molecule has 0 amide bonds. The van der Waals surface area contributed by atoms with E-state index in [0.717, 1.165) is 67.4 Å². The van der Waals surface area contributed by atoms with Crippen molar-refractivity contribution < 1.29 is 0 Å². The van der Waals surface area contributed by atoms with Gasteiger partial charge in [-0.25, -0.2) is 15.0 Å². The first-order valence-corrected chi connectivity index (χ1v) is 11.9. The number of piperazine rings is 1. The van der Waals surface area contributed by atoms with Crippen LogP contribution in [0.15, 0.2) is 30.2 Å². The molecule has 0 aromatic carbocycles. The van der Waals surface area contributed by atoms with Crippen LogP contribution in [-0.4, -0.2) is 53.4 Å². The first-order chi connectivity index (χ1) is 15.8. The van der Waals surface area contributed by atoms with Crippen molar-refractivity contribution in [1.82, 2.24) is 25.6 Å². The molecule has 0 spiro atoms. The lowest BCUT2D eigenvalue weighted by Gasteiger charge is -2.35. The molecule has 1 saturated heterocycles. The Morgan fingerprint density at radius 1 is 1.18 bits per heavy atom. The van der Waals surface area contributed by atoms with Gasteiger partial charge in [-0.1, -0.05) is 27.7 Å². The zero-order chi connectivity index (χ0) is 23.6. The van der Waals surface area contributed by atoms with Crippen molar-refractivity contribution in [2.75, 3.05) is 42.9 Å². The first kappa shape index (κ1) is 23.2. The molecular weight excluding hydrogens is 412 g/mol. The SMILES string of the molecule is CCN/C(=C1\C(=N)C(C)(C)Cc2cnc(Nc3ccc(N4CCNCC4)cn3)nc21)C(C)C. The van der Waals surface area contributed by atoms with E-state index in [4.69, 9.17) is 10.4 Å². The summed E-state index contributed by atoms with van der Waals surface area (Å²) in [5.41, 5.74) is 5.39. The maximum absolute atomic E-state index is 8.99. The van der Waals surface area contributed by atoms with Gasteiger partial charge in [0.05, 0.1) is 17.6 Å². The van der Waals surface area contributed by atoms with Crippen molar-refractivity contribution in [3.63, 3.8) is 0 Å². The number of aromatic nitrogens is 3. The third-order valence-corrected chi connectivity index (χ3v) is 6.34. The first-order valence-electron chi connectivity index (χ1n) is 11.9. The van der Waals surface area contributed by atoms with Crippen LogP contribution in [0.3, 0.4) is 0 Å². The van der Waals surface area contributed by atoms with Crippen LogP contribution in [0.5, 0.6) is 0 Å². The molecule has 2 aliphatic rings. The lowest BCUT2D eigenvalue weighted by Crippen LogP contribution is -2.43. The predicted molar refractivity (Wildman–Crippen MR) is 135 cm³/mol. The summed E-state index contributed by atoms with van der Waals surface area (Å²) in [6.07, 6.45) is 4.55. The molecule has 0 bridgehead atoms. The van der Waals surface area contributed by atoms with Gasteiger partial charge in [-0.3, -0.25) is 0 Å². The minimum Gasteiger partial charge on any atom is -0.388 e. The Labute approximate surface area is 196 Å². The summed E-state index contributed by atoms with van der Waals surface area (Å²) >= 11 is 0. The molecule has 0 atom stereocenters. The number of nitrogens with zero attached hydrogens (tertiary/aromatic N) is 4. The molecule has 2 aromatic rings. The second-order valence-electron chi connectivity index (χ2n) is 9.74. The highest BCUT2D eigenvalue weighted by molar-refractivity contribution is 6.26. The molecule has 8 nitrogen and oxygen atoms in total. The molecule has 0 radical (unpaired) electrons. The van der Waals surface area contributed by atoms with Gasteiger partial charge >= 0.3 is 0 Å². The summed E-state index contributed by atoms with van der Waals surface area (Å²) in [5.74, 6) is 1.47. The van der Waals surface area contributed by atoms with Gasteiger partial charge in [0, 0.05) is 61.3 Å². The lowest BCUT2D eigenvalue weighted by molar-refractivity contribution is 0.509. The summed E-state index contributed by atoms with van der Waals surface area (Å²) in [6, 6.07) is 4.06. The standard InChI is InChI=1S/C25H36N8/c1-6-28-21(16(2)3)20-22-17(13-25(4,5)23(20)26)14-30-24(32-22)31-19-8-7-18(15-29-19)33-11-9-27-10-12-33/h7-8,14-16,26-28H,6,9-13H2,1-5H3,(H,29,30,31,32)/b21-20-,26-23?. The van der Waals surface area contributed by atoms with Crippen LogP contribution in [0.25, 0.3) is 5.57 Å². The van der Waals surface area contributed by atoms with Crippen molar-refractivity contribution in [1.29, 1.82) is 5.41 Å². The Hall–Kier alpha value is -3.00. The number of pyridine rings is 1. The Morgan fingerprint density at radius 2 is 1.94 bits per heavy atom. The summed E-state index contributed by atoms with van der Waals surface area (Å²) in [4.78, 5) is 16.4. The van der Waals surface area contributed by atoms with Crippen molar-refractivity contribution in [2.24, 2.45) is 11.3 Å².